The molecule has 4 rings (SSSR count). The topological polar surface area (TPSA) is 110 Å². The van der Waals surface area contributed by atoms with E-state index in [1.807, 2.05) is 30.3 Å². The number of pyridine rings is 1. The highest BCUT2D eigenvalue weighted by atomic mass is 16.5. The number of hydrogen-bond acceptors (Lipinski definition) is 6. The number of hydrazine groups is 1. The van der Waals surface area contributed by atoms with Crippen molar-refractivity contribution >= 4 is 22.9 Å². The number of benzene rings is 1. The Morgan fingerprint density at radius 1 is 0.931 bits per heavy atom. The molecule has 0 atom stereocenters. The van der Waals surface area contributed by atoms with Crippen LogP contribution in [0.25, 0.3) is 22.4 Å². The van der Waals surface area contributed by atoms with E-state index in [0.717, 1.165) is 5.56 Å². The molecular weight excluding hydrogens is 372 g/mol. The third-order valence-corrected chi connectivity index (χ3v) is 4.51. The Balaban J connectivity index is 1.65. The van der Waals surface area contributed by atoms with E-state index < -0.39 is 11.8 Å². The van der Waals surface area contributed by atoms with Crippen LogP contribution in [0, 0.1) is 20.8 Å². The molecule has 146 valence electrons. The van der Waals surface area contributed by atoms with Gasteiger partial charge in [0.1, 0.15) is 11.5 Å². The number of aromatic nitrogens is 2. The van der Waals surface area contributed by atoms with E-state index in [2.05, 4.69) is 21.0 Å². The predicted octanol–water partition coefficient (Wildman–Crippen LogP) is 3.48. The molecule has 0 fully saturated rings. The fourth-order valence-electron chi connectivity index (χ4n) is 3.14. The van der Waals surface area contributed by atoms with Gasteiger partial charge in [-0.15, -0.1) is 0 Å². The molecule has 8 heteroatoms. The second kappa shape index (κ2) is 7.23. The summed E-state index contributed by atoms with van der Waals surface area (Å²) in [6.45, 7) is 5.15. The molecule has 4 aromatic rings. The first-order valence-electron chi connectivity index (χ1n) is 8.94. The van der Waals surface area contributed by atoms with E-state index in [1.165, 1.54) is 0 Å². The lowest BCUT2D eigenvalue weighted by atomic mass is 10.1. The minimum absolute atomic E-state index is 0.252. The van der Waals surface area contributed by atoms with Crippen LogP contribution in [0.5, 0.6) is 0 Å². The van der Waals surface area contributed by atoms with Gasteiger partial charge in [0.15, 0.2) is 0 Å². The lowest BCUT2D eigenvalue weighted by Gasteiger charge is -2.09. The van der Waals surface area contributed by atoms with E-state index in [9.17, 15) is 9.59 Å². The molecule has 0 aliphatic heterocycles. The summed E-state index contributed by atoms with van der Waals surface area (Å²) in [5, 5.41) is 4.41. The number of carbonyl (C=O) groups is 2. The van der Waals surface area contributed by atoms with Crippen molar-refractivity contribution in [1.82, 2.24) is 21.0 Å². The minimum atomic E-state index is -0.507. The molecule has 2 amide bonds. The standard InChI is InChI=1S/C21H18N4O4/c1-11-9-15(13(3)28-11)19(26)23-24-20(27)16-10-17(14-7-5-4-6-8-14)22-21-18(16)12(2)25-29-21/h4-10H,1-3H3,(H,23,26)(H,24,27). The molecule has 0 unspecified atom stereocenters. The van der Waals surface area contributed by atoms with E-state index in [0.29, 0.717) is 39.4 Å². The highest BCUT2D eigenvalue weighted by Crippen LogP contribution is 2.26. The Labute approximate surface area is 165 Å². The summed E-state index contributed by atoms with van der Waals surface area (Å²) in [6, 6.07) is 12.7. The average molecular weight is 390 g/mol. The van der Waals surface area contributed by atoms with Crippen molar-refractivity contribution in [3.63, 3.8) is 0 Å². The van der Waals surface area contributed by atoms with Crippen molar-refractivity contribution in [3.05, 3.63) is 70.8 Å². The van der Waals surface area contributed by atoms with Crippen LogP contribution in [0.1, 0.15) is 37.9 Å². The number of amides is 2. The fourth-order valence-corrected chi connectivity index (χ4v) is 3.14. The number of nitrogens with one attached hydrogen (secondary N) is 2. The van der Waals surface area contributed by atoms with Crippen LogP contribution < -0.4 is 10.9 Å². The molecule has 8 nitrogen and oxygen atoms in total. The van der Waals surface area contributed by atoms with Gasteiger partial charge < -0.3 is 8.94 Å². The highest BCUT2D eigenvalue weighted by molar-refractivity contribution is 6.08. The zero-order valence-electron chi connectivity index (χ0n) is 16.1. The van der Waals surface area contributed by atoms with Crippen molar-refractivity contribution in [2.24, 2.45) is 0 Å². The third kappa shape index (κ3) is 3.47. The van der Waals surface area contributed by atoms with Crippen molar-refractivity contribution in [2.45, 2.75) is 20.8 Å². The quantitative estimate of drug-likeness (QED) is 0.518. The Morgan fingerprint density at radius 2 is 1.62 bits per heavy atom. The summed E-state index contributed by atoms with van der Waals surface area (Å²) in [5.74, 6) is 0.111. The number of fused-ring (bicyclic) bond motifs is 1. The Morgan fingerprint density at radius 3 is 2.28 bits per heavy atom. The van der Waals surface area contributed by atoms with Crippen LogP contribution >= 0.6 is 0 Å². The minimum Gasteiger partial charge on any atom is -0.466 e. The molecule has 3 heterocycles. The summed E-state index contributed by atoms with van der Waals surface area (Å²) in [5.41, 5.74) is 7.69. The number of hydrogen-bond donors (Lipinski definition) is 2. The van der Waals surface area contributed by atoms with Crippen LogP contribution in [0.2, 0.25) is 0 Å². The molecule has 1 aromatic carbocycles. The first-order chi connectivity index (χ1) is 13.9. The van der Waals surface area contributed by atoms with Crippen LogP contribution in [0.15, 0.2) is 51.4 Å². The van der Waals surface area contributed by atoms with Crippen molar-refractivity contribution in [3.8, 4) is 11.3 Å². The summed E-state index contributed by atoms with van der Waals surface area (Å²) in [7, 11) is 0. The molecular formula is C21H18N4O4. The third-order valence-electron chi connectivity index (χ3n) is 4.51. The van der Waals surface area contributed by atoms with Gasteiger partial charge in [-0.25, -0.2) is 4.98 Å². The number of carbonyl (C=O) groups excluding carboxylic acids is 2. The van der Waals surface area contributed by atoms with Crippen LogP contribution in [0.3, 0.4) is 0 Å². The second-order valence-corrected chi connectivity index (χ2v) is 6.60. The van der Waals surface area contributed by atoms with Crippen molar-refractivity contribution in [1.29, 1.82) is 0 Å². The molecule has 0 bridgehead atoms. The lowest BCUT2D eigenvalue weighted by Crippen LogP contribution is -2.41. The molecule has 0 aliphatic rings. The highest BCUT2D eigenvalue weighted by Gasteiger charge is 2.20. The zero-order chi connectivity index (χ0) is 20.5. The summed E-state index contributed by atoms with van der Waals surface area (Å²) >= 11 is 0. The Hall–Kier alpha value is -3.94. The van der Waals surface area contributed by atoms with E-state index in [4.69, 9.17) is 8.94 Å². The van der Waals surface area contributed by atoms with Gasteiger partial charge in [-0.1, -0.05) is 35.5 Å². The molecule has 2 N–H and O–H groups in total. The zero-order valence-corrected chi connectivity index (χ0v) is 16.1. The first kappa shape index (κ1) is 18.4. The average Bonchev–Trinajstić information content (AvgIpc) is 3.27. The van der Waals surface area contributed by atoms with E-state index in [1.54, 1.807) is 32.9 Å². The van der Waals surface area contributed by atoms with Gasteiger partial charge in [0, 0.05) is 5.56 Å². The van der Waals surface area contributed by atoms with Gasteiger partial charge in [0.2, 0.25) is 0 Å². The summed E-state index contributed by atoms with van der Waals surface area (Å²) in [6.07, 6.45) is 0. The van der Waals surface area contributed by atoms with Gasteiger partial charge in [-0.2, -0.15) is 0 Å². The van der Waals surface area contributed by atoms with Crippen LogP contribution in [-0.2, 0) is 0 Å². The SMILES string of the molecule is Cc1cc(C(=O)NNC(=O)c2cc(-c3ccccc3)nc3onc(C)c23)c(C)o1. The van der Waals surface area contributed by atoms with E-state index in [-0.39, 0.29) is 5.71 Å². The number of aryl methyl sites for hydroxylation is 3. The molecule has 29 heavy (non-hydrogen) atoms. The monoisotopic (exact) mass is 390 g/mol. The number of nitrogens with zero attached hydrogens (tertiary/aromatic N) is 2. The molecule has 3 aromatic heterocycles. The van der Waals surface area contributed by atoms with Crippen LogP contribution in [-0.4, -0.2) is 22.0 Å². The Kier molecular flexibility index (Phi) is 4.59. The maximum Gasteiger partial charge on any atom is 0.273 e. The normalized spacial score (nSPS) is 10.9. The molecule has 0 spiro atoms. The molecule has 0 saturated carbocycles. The van der Waals surface area contributed by atoms with Gasteiger partial charge in [-0.3, -0.25) is 20.4 Å². The number of furan rings is 1. The van der Waals surface area contributed by atoms with Crippen molar-refractivity contribution < 1.29 is 18.5 Å². The number of rotatable bonds is 3. The Bertz CT molecular complexity index is 1220. The van der Waals surface area contributed by atoms with Crippen molar-refractivity contribution in [2.75, 3.05) is 0 Å². The van der Waals surface area contributed by atoms with Gasteiger partial charge in [0.25, 0.3) is 17.5 Å². The van der Waals surface area contributed by atoms with Gasteiger partial charge in [0.05, 0.1) is 27.9 Å². The maximum absolute atomic E-state index is 12.9. The maximum atomic E-state index is 12.9. The van der Waals surface area contributed by atoms with Crippen LogP contribution in [0.4, 0.5) is 0 Å². The summed E-state index contributed by atoms with van der Waals surface area (Å²) in [4.78, 5) is 29.7. The van der Waals surface area contributed by atoms with E-state index >= 15 is 0 Å². The molecule has 0 aliphatic carbocycles. The largest absolute Gasteiger partial charge is 0.466 e. The smallest absolute Gasteiger partial charge is 0.273 e. The molecule has 0 radical (unpaired) electrons. The lowest BCUT2D eigenvalue weighted by molar-refractivity contribution is 0.0846. The summed E-state index contributed by atoms with van der Waals surface area (Å²) < 4.78 is 10.6. The molecule has 0 saturated heterocycles. The van der Waals surface area contributed by atoms with Gasteiger partial charge in [-0.05, 0) is 32.9 Å². The second-order valence-electron chi connectivity index (χ2n) is 6.60. The predicted molar refractivity (Wildman–Crippen MR) is 105 cm³/mol. The fraction of sp³-hybridized carbons (Fsp3) is 0.143. The first-order valence-corrected chi connectivity index (χ1v) is 8.94. The van der Waals surface area contributed by atoms with Gasteiger partial charge >= 0.3 is 0 Å².